The van der Waals surface area contributed by atoms with Crippen molar-refractivity contribution in [2.24, 2.45) is 0 Å². The van der Waals surface area contributed by atoms with Gasteiger partial charge in [0.05, 0.1) is 5.69 Å². The van der Waals surface area contributed by atoms with Crippen LogP contribution in [0.15, 0.2) is 41.1 Å². The Labute approximate surface area is 144 Å². The maximum absolute atomic E-state index is 12.4. The number of thiophene rings is 1. The molecule has 1 amide bonds. The first-order valence-corrected chi connectivity index (χ1v) is 9.04. The molecule has 2 heterocycles. The topological polar surface area (TPSA) is 42.0 Å². The lowest BCUT2D eigenvalue weighted by atomic mass is 10.3. The molecule has 3 rings (SSSR count). The number of thiazole rings is 1. The van der Waals surface area contributed by atoms with Crippen molar-refractivity contribution in [2.75, 3.05) is 5.32 Å². The van der Waals surface area contributed by atoms with Crippen molar-refractivity contribution in [2.45, 2.75) is 6.92 Å². The lowest BCUT2D eigenvalue weighted by Gasteiger charge is -2.03. The minimum absolute atomic E-state index is 0.104. The highest BCUT2D eigenvalue weighted by Gasteiger charge is 2.16. The molecule has 3 nitrogen and oxygen atoms in total. The zero-order chi connectivity index (χ0) is 14.8. The van der Waals surface area contributed by atoms with Crippen LogP contribution in [0.2, 0.25) is 0 Å². The van der Waals surface area contributed by atoms with E-state index in [0.29, 0.717) is 4.88 Å². The lowest BCUT2D eigenvalue weighted by molar-refractivity contribution is 0.103. The minimum atomic E-state index is -0.104. The van der Waals surface area contributed by atoms with Crippen LogP contribution in [0.1, 0.15) is 15.4 Å². The highest BCUT2D eigenvalue weighted by Crippen LogP contribution is 2.29. The average Bonchev–Trinajstić information content (AvgIpc) is 3.10. The summed E-state index contributed by atoms with van der Waals surface area (Å²) in [6.07, 6.45) is 0. The van der Waals surface area contributed by atoms with Gasteiger partial charge in [-0.15, -0.1) is 11.3 Å². The van der Waals surface area contributed by atoms with Gasteiger partial charge in [-0.2, -0.15) is 11.3 Å². The van der Waals surface area contributed by atoms with Crippen LogP contribution >= 0.6 is 45.3 Å². The normalized spacial score (nSPS) is 10.6. The number of hydrogen-bond acceptors (Lipinski definition) is 4. The van der Waals surface area contributed by atoms with Gasteiger partial charge in [-0.1, -0.05) is 0 Å². The van der Waals surface area contributed by atoms with Gasteiger partial charge >= 0.3 is 0 Å². The summed E-state index contributed by atoms with van der Waals surface area (Å²) in [5.41, 5.74) is 2.64. The van der Waals surface area contributed by atoms with Crippen molar-refractivity contribution >= 4 is 56.9 Å². The molecule has 0 saturated heterocycles. The number of aryl methyl sites for hydroxylation is 1. The molecule has 21 heavy (non-hydrogen) atoms. The smallest absolute Gasteiger partial charge is 0.267 e. The average molecular weight is 426 g/mol. The molecule has 0 bridgehead atoms. The Bertz CT molecular complexity index is 764. The highest BCUT2D eigenvalue weighted by atomic mass is 127. The third-order valence-corrected chi connectivity index (χ3v) is 5.48. The fourth-order valence-electron chi connectivity index (χ4n) is 1.84. The number of nitrogens with one attached hydrogen (secondary N) is 1. The Morgan fingerprint density at radius 3 is 2.67 bits per heavy atom. The summed E-state index contributed by atoms with van der Waals surface area (Å²) in [5, 5.41) is 7.86. The quantitative estimate of drug-likeness (QED) is 0.597. The molecule has 3 aromatic rings. The van der Waals surface area contributed by atoms with Crippen molar-refractivity contribution in [1.82, 2.24) is 4.98 Å². The van der Waals surface area contributed by atoms with Gasteiger partial charge in [0.15, 0.2) is 0 Å². The van der Waals surface area contributed by atoms with Gasteiger partial charge in [0.2, 0.25) is 0 Å². The van der Waals surface area contributed by atoms with Crippen LogP contribution in [0.5, 0.6) is 0 Å². The molecule has 0 atom stereocenters. The van der Waals surface area contributed by atoms with Crippen molar-refractivity contribution in [3.05, 3.63) is 55.2 Å². The zero-order valence-corrected chi connectivity index (χ0v) is 14.9. The van der Waals surface area contributed by atoms with Gasteiger partial charge in [0.25, 0.3) is 5.91 Å². The molecule has 0 spiro atoms. The monoisotopic (exact) mass is 426 g/mol. The van der Waals surface area contributed by atoms with Crippen LogP contribution in [-0.4, -0.2) is 10.9 Å². The molecule has 0 aliphatic carbocycles. The number of carbonyl (C=O) groups excluding carboxylic acids is 1. The fourth-order valence-corrected chi connectivity index (χ4v) is 3.87. The number of aromatic nitrogens is 1. The van der Waals surface area contributed by atoms with E-state index in [9.17, 15) is 4.79 Å². The maximum atomic E-state index is 12.4. The number of anilines is 1. The number of carbonyl (C=O) groups is 1. The SMILES string of the molecule is Cc1nc(-c2ccsc2)sc1C(=O)Nc1ccc(I)cc1. The molecule has 0 saturated carbocycles. The molecule has 0 aliphatic rings. The van der Waals surface area contributed by atoms with Crippen LogP contribution in [0.3, 0.4) is 0 Å². The summed E-state index contributed by atoms with van der Waals surface area (Å²) in [6, 6.07) is 9.74. The molecular weight excluding hydrogens is 415 g/mol. The number of amides is 1. The van der Waals surface area contributed by atoms with Crippen molar-refractivity contribution in [3.8, 4) is 10.6 Å². The lowest BCUT2D eigenvalue weighted by Crippen LogP contribution is -2.11. The molecule has 1 N–H and O–H groups in total. The van der Waals surface area contributed by atoms with Gasteiger partial charge in [-0.25, -0.2) is 4.98 Å². The molecular formula is C15H11IN2OS2. The van der Waals surface area contributed by atoms with E-state index in [2.05, 4.69) is 32.9 Å². The minimum Gasteiger partial charge on any atom is -0.321 e. The van der Waals surface area contributed by atoms with Gasteiger partial charge in [0.1, 0.15) is 9.88 Å². The van der Waals surface area contributed by atoms with E-state index in [1.54, 1.807) is 11.3 Å². The zero-order valence-electron chi connectivity index (χ0n) is 11.1. The van der Waals surface area contributed by atoms with Crippen LogP contribution < -0.4 is 5.32 Å². The van der Waals surface area contributed by atoms with Gasteiger partial charge < -0.3 is 5.32 Å². The fraction of sp³-hybridized carbons (Fsp3) is 0.0667. The van der Waals surface area contributed by atoms with Crippen molar-refractivity contribution < 1.29 is 4.79 Å². The summed E-state index contributed by atoms with van der Waals surface area (Å²) in [6.45, 7) is 1.87. The molecule has 1 aromatic carbocycles. The van der Waals surface area contributed by atoms with E-state index in [1.807, 2.05) is 48.0 Å². The Balaban J connectivity index is 1.83. The van der Waals surface area contributed by atoms with E-state index in [4.69, 9.17) is 0 Å². The first-order valence-electron chi connectivity index (χ1n) is 6.20. The summed E-state index contributed by atoms with van der Waals surface area (Å²) in [4.78, 5) is 17.5. The van der Waals surface area contributed by atoms with E-state index in [0.717, 1.165) is 25.5 Å². The van der Waals surface area contributed by atoms with Gasteiger partial charge in [-0.3, -0.25) is 4.79 Å². The van der Waals surface area contributed by atoms with Crippen LogP contribution in [0, 0.1) is 10.5 Å². The third kappa shape index (κ3) is 3.33. The number of nitrogens with zero attached hydrogens (tertiary/aromatic N) is 1. The highest BCUT2D eigenvalue weighted by molar-refractivity contribution is 14.1. The molecule has 0 unspecified atom stereocenters. The standard InChI is InChI=1S/C15H11IN2OS2/c1-9-13(21-15(17-9)10-6-7-20-8-10)14(19)18-12-4-2-11(16)3-5-12/h2-8H,1H3,(H,18,19). The Morgan fingerprint density at radius 2 is 2.00 bits per heavy atom. The van der Waals surface area contributed by atoms with Crippen LogP contribution in [0.25, 0.3) is 10.6 Å². The molecule has 0 aliphatic heterocycles. The van der Waals surface area contributed by atoms with E-state index < -0.39 is 0 Å². The van der Waals surface area contributed by atoms with Crippen LogP contribution in [0.4, 0.5) is 5.69 Å². The summed E-state index contributed by atoms with van der Waals surface area (Å²) in [5.74, 6) is -0.104. The maximum Gasteiger partial charge on any atom is 0.267 e. The van der Waals surface area contributed by atoms with Gasteiger partial charge in [-0.05, 0) is 65.2 Å². The largest absolute Gasteiger partial charge is 0.321 e. The summed E-state index contributed by atoms with van der Waals surface area (Å²) >= 11 is 5.29. The molecule has 0 fully saturated rings. The van der Waals surface area contributed by atoms with Crippen molar-refractivity contribution in [1.29, 1.82) is 0 Å². The first kappa shape index (κ1) is 14.7. The van der Waals surface area contributed by atoms with E-state index in [1.165, 1.54) is 11.3 Å². The second-order valence-electron chi connectivity index (χ2n) is 4.41. The molecule has 0 radical (unpaired) electrons. The number of halogens is 1. The summed E-state index contributed by atoms with van der Waals surface area (Å²) < 4.78 is 1.14. The summed E-state index contributed by atoms with van der Waals surface area (Å²) in [7, 11) is 0. The first-order chi connectivity index (χ1) is 10.1. The predicted molar refractivity (Wildman–Crippen MR) is 97.3 cm³/mol. The second kappa shape index (κ2) is 6.25. The third-order valence-electron chi connectivity index (χ3n) is 2.87. The van der Waals surface area contributed by atoms with Crippen molar-refractivity contribution in [3.63, 3.8) is 0 Å². The molecule has 2 aromatic heterocycles. The predicted octanol–water partition coefficient (Wildman–Crippen LogP) is 5.04. The number of rotatable bonds is 3. The molecule has 6 heteroatoms. The Kier molecular flexibility index (Phi) is 4.37. The van der Waals surface area contributed by atoms with Gasteiger partial charge in [0, 0.05) is 20.2 Å². The number of hydrogen-bond donors (Lipinski definition) is 1. The second-order valence-corrected chi connectivity index (χ2v) is 7.43. The van der Waals surface area contributed by atoms with Crippen LogP contribution in [-0.2, 0) is 0 Å². The number of benzene rings is 1. The van der Waals surface area contributed by atoms with E-state index >= 15 is 0 Å². The Morgan fingerprint density at radius 1 is 1.24 bits per heavy atom. The van der Waals surface area contributed by atoms with E-state index in [-0.39, 0.29) is 5.91 Å². The Hall–Kier alpha value is -1.25. The molecule has 106 valence electrons.